The van der Waals surface area contributed by atoms with Gasteiger partial charge in [0.25, 0.3) is 0 Å². The summed E-state index contributed by atoms with van der Waals surface area (Å²) in [4.78, 5) is 22.1. The maximum absolute atomic E-state index is 11.1. The summed E-state index contributed by atoms with van der Waals surface area (Å²) in [5, 5.41) is 0. The Morgan fingerprint density at radius 2 is 1.32 bits per heavy atom. The van der Waals surface area contributed by atoms with Crippen molar-refractivity contribution < 1.29 is 28.5 Å². The second-order valence-electron chi connectivity index (χ2n) is 4.33. The van der Waals surface area contributed by atoms with E-state index in [1.54, 1.807) is 13.8 Å². The number of carbonyl (C=O) groups excluding carboxylic acids is 2. The van der Waals surface area contributed by atoms with Crippen LogP contribution >= 0.6 is 0 Å². The van der Waals surface area contributed by atoms with Gasteiger partial charge in [0, 0.05) is 12.2 Å². The Morgan fingerprint density at radius 1 is 0.947 bits per heavy atom. The molecule has 0 aromatic heterocycles. The Balaban J connectivity index is 2.75. The Bertz CT molecular complexity index is 360. The Kier molecular flexibility index (Phi) is 5.26. The average Bonchev–Trinajstić information content (AvgIpc) is 2.67. The Labute approximate surface area is 112 Å². The Morgan fingerprint density at radius 3 is 1.63 bits per heavy atom. The molecule has 1 heterocycles. The number of esters is 2. The molecule has 0 N–H and O–H groups in total. The highest BCUT2D eigenvalue weighted by Gasteiger charge is 2.38. The third-order valence-corrected chi connectivity index (χ3v) is 2.41. The fourth-order valence-corrected chi connectivity index (χ4v) is 1.60. The molecular weight excluding hydrogens is 252 g/mol. The lowest BCUT2D eigenvalue weighted by molar-refractivity contribution is -0.140. The molecule has 0 unspecified atom stereocenters. The normalized spacial score (nSPS) is 25.9. The molecule has 0 aliphatic carbocycles. The maximum atomic E-state index is 11.1. The highest BCUT2D eigenvalue weighted by atomic mass is 16.7. The van der Waals surface area contributed by atoms with Crippen molar-refractivity contribution in [3.63, 3.8) is 0 Å². The maximum Gasteiger partial charge on any atom is 0.330 e. The molecule has 0 amide bonds. The lowest BCUT2D eigenvalue weighted by Crippen LogP contribution is -2.21. The molecule has 0 aromatic carbocycles. The summed E-state index contributed by atoms with van der Waals surface area (Å²) in [6, 6.07) is 0. The van der Waals surface area contributed by atoms with Crippen LogP contribution in [-0.2, 0) is 28.5 Å². The lowest BCUT2D eigenvalue weighted by Gasteiger charge is -2.15. The Hall–Kier alpha value is -1.66. The molecule has 0 aromatic rings. The van der Waals surface area contributed by atoms with Crippen LogP contribution in [0.3, 0.4) is 0 Å². The minimum absolute atomic E-state index is 0.477. The van der Waals surface area contributed by atoms with Crippen molar-refractivity contribution >= 4 is 11.9 Å². The van der Waals surface area contributed by atoms with Crippen LogP contribution in [0, 0.1) is 0 Å². The highest BCUT2D eigenvalue weighted by molar-refractivity contribution is 5.82. The lowest BCUT2D eigenvalue weighted by atomic mass is 10.2. The number of hydrogen-bond acceptors (Lipinski definition) is 6. The minimum atomic E-state index is -0.795. The summed E-state index contributed by atoms with van der Waals surface area (Å²) >= 11 is 0. The molecule has 1 fully saturated rings. The SMILES string of the molecule is COC(=O)C=C[C@H]1OC(C)(C)O[C@@H]1/C=C/C(=O)OC. The summed E-state index contributed by atoms with van der Waals surface area (Å²) in [5.74, 6) is -1.76. The van der Waals surface area contributed by atoms with Crippen LogP contribution in [0.5, 0.6) is 0 Å². The molecule has 1 saturated heterocycles. The van der Waals surface area contributed by atoms with Crippen molar-refractivity contribution in [2.75, 3.05) is 14.2 Å². The molecule has 0 radical (unpaired) electrons. The van der Waals surface area contributed by atoms with Crippen molar-refractivity contribution in [2.45, 2.75) is 31.8 Å². The van der Waals surface area contributed by atoms with Crippen LogP contribution in [0.25, 0.3) is 0 Å². The summed E-state index contributed by atoms with van der Waals surface area (Å²) in [6.45, 7) is 3.50. The monoisotopic (exact) mass is 270 g/mol. The van der Waals surface area contributed by atoms with Gasteiger partial charge in [-0.2, -0.15) is 0 Å². The smallest absolute Gasteiger partial charge is 0.330 e. The number of methoxy groups -OCH3 is 2. The summed E-state index contributed by atoms with van der Waals surface area (Å²) < 4.78 is 20.2. The van der Waals surface area contributed by atoms with Gasteiger partial charge >= 0.3 is 11.9 Å². The van der Waals surface area contributed by atoms with Crippen molar-refractivity contribution in [1.82, 2.24) is 0 Å². The predicted molar refractivity (Wildman–Crippen MR) is 66.1 cm³/mol. The van der Waals surface area contributed by atoms with Gasteiger partial charge in [-0.05, 0) is 26.0 Å². The second-order valence-corrected chi connectivity index (χ2v) is 4.33. The molecule has 1 rings (SSSR count). The molecule has 106 valence electrons. The van der Waals surface area contributed by atoms with E-state index in [-0.39, 0.29) is 0 Å². The van der Waals surface area contributed by atoms with Crippen LogP contribution in [-0.4, -0.2) is 44.2 Å². The summed E-state index contributed by atoms with van der Waals surface area (Å²) in [6.07, 6.45) is 4.63. The molecule has 0 bridgehead atoms. The fourth-order valence-electron chi connectivity index (χ4n) is 1.60. The van der Waals surface area contributed by atoms with Crippen molar-refractivity contribution in [2.24, 2.45) is 0 Å². The van der Waals surface area contributed by atoms with Gasteiger partial charge in [-0.1, -0.05) is 0 Å². The number of carbonyl (C=O) groups is 2. The molecule has 6 heteroatoms. The third-order valence-electron chi connectivity index (χ3n) is 2.41. The zero-order chi connectivity index (χ0) is 14.5. The van der Waals surface area contributed by atoms with Crippen molar-refractivity contribution in [1.29, 1.82) is 0 Å². The molecule has 2 atom stereocenters. The van der Waals surface area contributed by atoms with Gasteiger partial charge < -0.3 is 18.9 Å². The van der Waals surface area contributed by atoms with Crippen molar-refractivity contribution in [3.05, 3.63) is 24.3 Å². The van der Waals surface area contributed by atoms with E-state index in [0.717, 1.165) is 0 Å². The van der Waals surface area contributed by atoms with Crippen LogP contribution in [0.2, 0.25) is 0 Å². The summed E-state index contributed by atoms with van der Waals surface area (Å²) in [5.41, 5.74) is 0. The fraction of sp³-hybridized carbons (Fsp3) is 0.538. The highest BCUT2D eigenvalue weighted by Crippen LogP contribution is 2.29. The number of hydrogen-bond donors (Lipinski definition) is 0. The van der Waals surface area contributed by atoms with Gasteiger partial charge in [0.2, 0.25) is 0 Å². The van der Waals surface area contributed by atoms with Gasteiger partial charge in [-0.3, -0.25) is 0 Å². The van der Waals surface area contributed by atoms with E-state index in [2.05, 4.69) is 9.47 Å². The molecule has 0 saturated carbocycles. The van der Waals surface area contributed by atoms with Crippen LogP contribution in [0.4, 0.5) is 0 Å². The van der Waals surface area contributed by atoms with Gasteiger partial charge in [0.1, 0.15) is 12.2 Å². The van der Waals surface area contributed by atoms with Gasteiger partial charge in [-0.25, -0.2) is 9.59 Å². The van der Waals surface area contributed by atoms with Gasteiger partial charge in [0.15, 0.2) is 5.79 Å². The van der Waals surface area contributed by atoms with E-state index >= 15 is 0 Å². The molecule has 1 aliphatic rings. The molecule has 19 heavy (non-hydrogen) atoms. The van der Waals surface area contributed by atoms with Crippen LogP contribution < -0.4 is 0 Å². The molecule has 0 spiro atoms. The first-order valence-corrected chi connectivity index (χ1v) is 5.76. The molecule has 1 aliphatic heterocycles. The van der Waals surface area contributed by atoms with E-state index < -0.39 is 29.9 Å². The zero-order valence-corrected chi connectivity index (χ0v) is 11.4. The largest absolute Gasteiger partial charge is 0.466 e. The van der Waals surface area contributed by atoms with Crippen molar-refractivity contribution in [3.8, 4) is 0 Å². The first kappa shape index (κ1) is 15.4. The standard InChI is InChI=1S/C13H18O6/c1-13(2)18-9(5-7-11(14)16-3)10(19-13)6-8-12(15)17-4/h5-10H,1-4H3/b7-5+,8-6?/t9-,10-/m1/s1. The van der Waals surface area contributed by atoms with E-state index in [1.165, 1.54) is 38.5 Å². The van der Waals surface area contributed by atoms with Gasteiger partial charge in [-0.15, -0.1) is 0 Å². The second kappa shape index (κ2) is 6.49. The first-order valence-electron chi connectivity index (χ1n) is 5.76. The molecular formula is C13H18O6. The quantitative estimate of drug-likeness (QED) is 0.560. The topological polar surface area (TPSA) is 71.1 Å². The van der Waals surface area contributed by atoms with Crippen LogP contribution in [0.1, 0.15) is 13.8 Å². The molecule has 6 nitrogen and oxygen atoms in total. The zero-order valence-electron chi connectivity index (χ0n) is 11.4. The minimum Gasteiger partial charge on any atom is -0.466 e. The van der Waals surface area contributed by atoms with Gasteiger partial charge in [0.05, 0.1) is 14.2 Å². The average molecular weight is 270 g/mol. The summed E-state index contributed by atoms with van der Waals surface area (Å²) in [7, 11) is 2.58. The number of ether oxygens (including phenoxy) is 4. The number of rotatable bonds is 4. The van der Waals surface area contributed by atoms with E-state index in [0.29, 0.717) is 0 Å². The first-order chi connectivity index (χ1) is 8.88. The predicted octanol–water partition coefficient (Wildman–Crippen LogP) is 0.965. The van der Waals surface area contributed by atoms with E-state index in [4.69, 9.17) is 9.47 Å². The van der Waals surface area contributed by atoms with E-state index in [1.807, 2.05) is 0 Å². The van der Waals surface area contributed by atoms with E-state index in [9.17, 15) is 9.59 Å². The third kappa shape index (κ3) is 4.84. The van der Waals surface area contributed by atoms with Crippen LogP contribution in [0.15, 0.2) is 24.3 Å².